The van der Waals surface area contributed by atoms with E-state index in [9.17, 15) is 34.8 Å². The number of phenols is 1. The van der Waals surface area contributed by atoms with Crippen LogP contribution in [-0.2, 0) is 27.2 Å². The van der Waals surface area contributed by atoms with E-state index >= 15 is 0 Å². The maximum atomic E-state index is 14.1. The van der Waals surface area contributed by atoms with Crippen LogP contribution in [0.3, 0.4) is 0 Å². The van der Waals surface area contributed by atoms with Gasteiger partial charge in [-0.3, -0.25) is 14.4 Å². The number of nitrogens with zero attached hydrogens (tertiary/aromatic N) is 1. The summed E-state index contributed by atoms with van der Waals surface area (Å²) in [6.45, 7) is 3.51. The lowest BCUT2D eigenvalue weighted by Crippen LogP contribution is -2.62. The van der Waals surface area contributed by atoms with Gasteiger partial charge >= 0.3 is 0 Å². The molecule has 1 amide bonds. The van der Waals surface area contributed by atoms with Crippen LogP contribution < -0.4 is 10.6 Å². The number of hydrogen-bond acceptors (Lipinski definition) is 8. The molecule has 216 valence electrons. The minimum absolute atomic E-state index is 0.0759. The Morgan fingerprint density at radius 3 is 2.35 bits per heavy atom. The molecule has 0 unspecified atom stereocenters. The summed E-state index contributed by atoms with van der Waals surface area (Å²) in [6, 6.07) is 1.97. The van der Waals surface area contributed by atoms with Crippen molar-refractivity contribution in [3.8, 4) is 5.75 Å². The van der Waals surface area contributed by atoms with E-state index in [4.69, 9.17) is 5.73 Å². The molecule has 0 heterocycles. The first-order chi connectivity index (χ1) is 18.8. The van der Waals surface area contributed by atoms with Crippen molar-refractivity contribution in [2.75, 3.05) is 19.0 Å². The average Bonchev–Trinajstić information content (AvgIpc) is 2.87. The number of ketones is 2. The second kappa shape index (κ2) is 9.94. The standard InChI is InChI=1S/C31H40N2O7/c1-14(2)21-19-12-16-11-18-20(33(3)4)13-17(10-15-8-6-5-7-9-15)25(34)23(18)27(36)22(16)28(37)31(19,40)29(38)24(26(21)35)30(32)39/h13-16,19,21,34,36,38,40H,5-12H2,1-4H3,(H2,32,39)/t16-,19-,21-,31-/m0/s1. The number of aromatic hydroxyl groups is 1. The highest BCUT2D eigenvalue weighted by atomic mass is 16.3. The Labute approximate surface area is 234 Å². The number of carbonyl (C=O) groups excluding carboxylic acids is 3. The summed E-state index contributed by atoms with van der Waals surface area (Å²) in [5, 5.41) is 46.0. The number of hydrogen-bond donors (Lipinski definition) is 5. The predicted octanol–water partition coefficient (Wildman–Crippen LogP) is 3.49. The first-order valence-electron chi connectivity index (χ1n) is 14.3. The van der Waals surface area contributed by atoms with Crippen molar-refractivity contribution < 1.29 is 34.8 Å². The molecule has 0 spiro atoms. The number of nitrogens with two attached hydrogens (primary N) is 1. The molecule has 1 aromatic rings. The van der Waals surface area contributed by atoms with Crippen LogP contribution in [-0.4, -0.2) is 57.6 Å². The molecule has 0 radical (unpaired) electrons. The number of carbonyl (C=O) groups is 3. The van der Waals surface area contributed by atoms with Crippen LogP contribution in [0.25, 0.3) is 5.76 Å². The van der Waals surface area contributed by atoms with Crippen molar-refractivity contribution in [3.63, 3.8) is 0 Å². The van der Waals surface area contributed by atoms with Crippen LogP contribution in [0, 0.1) is 29.6 Å². The first-order valence-corrected chi connectivity index (χ1v) is 14.3. The Hall–Kier alpha value is -3.33. The quantitative estimate of drug-likeness (QED) is 0.347. The molecule has 1 aromatic carbocycles. The molecule has 2 saturated carbocycles. The summed E-state index contributed by atoms with van der Waals surface area (Å²) in [6.07, 6.45) is 6.69. The van der Waals surface area contributed by atoms with E-state index < -0.39 is 57.9 Å². The number of aliphatic hydroxyl groups is 3. The Morgan fingerprint density at radius 2 is 1.77 bits per heavy atom. The van der Waals surface area contributed by atoms with Crippen molar-refractivity contribution in [3.05, 3.63) is 39.7 Å². The second-order valence-corrected chi connectivity index (χ2v) is 12.7. The number of anilines is 1. The van der Waals surface area contributed by atoms with E-state index in [1.807, 2.05) is 25.1 Å². The lowest BCUT2D eigenvalue weighted by Gasteiger charge is -2.50. The van der Waals surface area contributed by atoms with Crippen LogP contribution in [0.2, 0.25) is 0 Å². The first kappa shape index (κ1) is 28.2. The van der Waals surface area contributed by atoms with Crippen molar-refractivity contribution in [2.24, 2.45) is 35.3 Å². The van der Waals surface area contributed by atoms with E-state index in [2.05, 4.69) is 0 Å². The highest BCUT2D eigenvalue weighted by molar-refractivity contribution is 6.23. The third kappa shape index (κ3) is 4.04. The minimum Gasteiger partial charge on any atom is -0.508 e. The van der Waals surface area contributed by atoms with Crippen molar-refractivity contribution in [1.82, 2.24) is 0 Å². The maximum absolute atomic E-state index is 14.1. The molecule has 4 aliphatic carbocycles. The van der Waals surface area contributed by atoms with Crippen LogP contribution in [0.15, 0.2) is 23.0 Å². The zero-order chi connectivity index (χ0) is 29.3. The number of Topliss-reactive ketones (excluding diaryl/α,β-unsaturated/α-hetero) is 2. The van der Waals surface area contributed by atoms with Gasteiger partial charge in [0.2, 0.25) is 5.78 Å². The van der Waals surface area contributed by atoms with E-state index in [0.29, 0.717) is 29.9 Å². The van der Waals surface area contributed by atoms with E-state index in [1.54, 1.807) is 13.8 Å². The largest absolute Gasteiger partial charge is 0.508 e. The Balaban J connectivity index is 1.69. The van der Waals surface area contributed by atoms with Crippen LogP contribution in [0.1, 0.15) is 69.1 Å². The van der Waals surface area contributed by atoms with Crippen molar-refractivity contribution >= 4 is 28.9 Å². The Morgan fingerprint density at radius 1 is 1.12 bits per heavy atom. The molecule has 5 rings (SSSR count). The molecule has 0 aromatic heterocycles. The lowest BCUT2D eigenvalue weighted by atomic mass is 9.54. The number of fused-ring (bicyclic) bond motifs is 3. The van der Waals surface area contributed by atoms with Gasteiger partial charge in [0.15, 0.2) is 11.4 Å². The zero-order valence-corrected chi connectivity index (χ0v) is 23.7. The molecule has 9 nitrogen and oxygen atoms in total. The molecular weight excluding hydrogens is 512 g/mol. The smallest absolute Gasteiger partial charge is 0.255 e. The van der Waals surface area contributed by atoms with Gasteiger partial charge < -0.3 is 31.1 Å². The summed E-state index contributed by atoms with van der Waals surface area (Å²) in [7, 11) is 3.78. The van der Waals surface area contributed by atoms with E-state index in [1.165, 1.54) is 6.42 Å². The van der Waals surface area contributed by atoms with Gasteiger partial charge in [-0.2, -0.15) is 0 Å². The number of amides is 1. The zero-order valence-electron chi connectivity index (χ0n) is 23.7. The van der Waals surface area contributed by atoms with Gasteiger partial charge in [0.05, 0.1) is 5.56 Å². The van der Waals surface area contributed by atoms with Gasteiger partial charge in [0.25, 0.3) is 5.91 Å². The van der Waals surface area contributed by atoms with Gasteiger partial charge in [0, 0.05) is 37.2 Å². The molecule has 2 fully saturated rings. The summed E-state index contributed by atoms with van der Waals surface area (Å²) in [4.78, 5) is 41.5. The highest BCUT2D eigenvalue weighted by Crippen LogP contribution is 2.56. The monoisotopic (exact) mass is 552 g/mol. The normalized spacial score (nSPS) is 28.9. The van der Waals surface area contributed by atoms with Crippen LogP contribution >= 0.6 is 0 Å². The number of primary amides is 1. The van der Waals surface area contributed by atoms with Gasteiger partial charge in [0.1, 0.15) is 22.8 Å². The number of rotatable bonds is 5. The van der Waals surface area contributed by atoms with Gasteiger partial charge in [-0.15, -0.1) is 0 Å². The summed E-state index contributed by atoms with van der Waals surface area (Å²) in [5.41, 5.74) is 4.34. The molecule has 40 heavy (non-hydrogen) atoms. The molecule has 4 atom stereocenters. The summed E-state index contributed by atoms with van der Waals surface area (Å²) >= 11 is 0. The summed E-state index contributed by atoms with van der Waals surface area (Å²) in [5.74, 6) is -6.88. The number of phenolic OH excluding ortho intramolecular Hbond substituents is 1. The average molecular weight is 553 g/mol. The lowest BCUT2D eigenvalue weighted by molar-refractivity contribution is -0.155. The molecular formula is C31H40N2O7. The highest BCUT2D eigenvalue weighted by Gasteiger charge is 2.64. The third-order valence-corrected chi connectivity index (χ3v) is 9.74. The number of aliphatic hydroxyl groups excluding tert-OH is 2. The predicted molar refractivity (Wildman–Crippen MR) is 150 cm³/mol. The topological polar surface area (TPSA) is 161 Å². The molecule has 9 heteroatoms. The fraction of sp³-hybridized carbons (Fsp3) is 0.581. The molecule has 6 N–H and O–H groups in total. The maximum Gasteiger partial charge on any atom is 0.255 e. The molecule has 0 bridgehead atoms. The fourth-order valence-corrected chi connectivity index (χ4v) is 7.84. The molecule has 0 aliphatic heterocycles. The summed E-state index contributed by atoms with van der Waals surface area (Å²) < 4.78 is 0. The molecule has 0 saturated heterocycles. The minimum atomic E-state index is -2.59. The van der Waals surface area contributed by atoms with Gasteiger partial charge in [-0.1, -0.05) is 46.0 Å². The van der Waals surface area contributed by atoms with E-state index in [0.717, 1.165) is 31.4 Å². The van der Waals surface area contributed by atoms with Crippen LogP contribution in [0.4, 0.5) is 5.69 Å². The van der Waals surface area contributed by atoms with E-state index in [-0.39, 0.29) is 29.2 Å². The Bertz CT molecular complexity index is 1350. The van der Waals surface area contributed by atoms with Crippen LogP contribution in [0.5, 0.6) is 5.75 Å². The second-order valence-electron chi connectivity index (χ2n) is 12.7. The fourth-order valence-electron chi connectivity index (χ4n) is 7.84. The number of benzene rings is 1. The third-order valence-electron chi connectivity index (χ3n) is 9.74. The van der Waals surface area contributed by atoms with Gasteiger partial charge in [-0.05, 0) is 54.2 Å². The van der Waals surface area contributed by atoms with Crippen molar-refractivity contribution in [1.29, 1.82) is 0 Å². The van der Waals surface area contributed by atoms with Gasteiger partial charge in [-0.25, -0.2) is 0 Å². The van der Waals surface area contributed by atoms with Crippen molar-refractivity contribution in [2.45, 2.75) is 70.8 Å². The SMILES string of the molecule is CC(C)[C@@H]1C(=O)C(C(N)=O)=C(O)[C@@]2(O)C(=O)C3=C(O)c4c(O)c(CC5CCCCC5)cc(N(C)C)c4C[C@H]3C[C@@H]12. The molecule has 4 aliphatic rings. The Kier molecular flexibility index (Phi) is 7.01.